The molecule has 0 aliphatic rings. The molecule has 5 nitrogen and oxygen atoms in total. The van der Waals surface area contributed by atoms with Crippen molar-refractivity contribution in [2.75, 3.05) is 14.2 Å². The van der Waals surface area contributed by atoms with Crippen LogP contribution in [0.5, 0.6) is 5.75 Å². The van der Waals surface area contributed by atoms with Crippen molar-refractivity contribution in [3.8, 4) is 17.1 Å². The summed E-state index contributed by atoms with van der Waals surface area (Å²) in [5, 5.41) is 4.94. The molecule has 0 aliphatic heterocycles. The predicted octanol–water partition coefficient (Wildman–Crippen LogP) is 4.78. The molecule has 3 aromatic carbocycles. The van der Waals surface area contributed by atoms with Gasteiger partial charge in [0.25, 0.3) is 5.91 Å². The van der Waals surface area contributed by atoms with Crippen LogP contribution in [0.1, 0.15) is 15.9 Å². The van der Waals surface area contributed by atoms with Gasteiger partial charge in [-0.2, -0.15) is 0 Å². The average molecular weight is 372 g/mol. The smallest absolute Gasteiger partial charge is 0.253 e. The predicted molar refractivity (Wildman–Crippen MR) is 108 cm³/mol. The minimum atomic E-state index is -0.0575. The average Bonchev–Trinajstić information content (AvgIpc) is 3.17. The number of carbonyl (C=O) groups excluding carboxylic acids is 1. The molecule has 0 fully saturated rings. The van der Waals surface area contributed by atoms with Crippen molar-refractivity contribution in [2.45, 2.75) is 6.54 Å². The molecule has 0 N–H and O–H groups in total. The molecule has 0 bridgehead atoms. The molecule has 0 spiro atoms. The molecule has 4 rings (SSSR count). The van der Waals surface area contributed by atoms with Gasteiger partial charge in [-0.1, -0.05) is 47.6 Å². The molecule has 1 amide bonds. The van der Waals surface area contributed by atoms with Gasteiger partial charge in [0.1, 0.15) is 11.3 Å². The number of nitrogens with zero attached hydrogens (tertiary/aromatic N) is 2. The lowest BCUT2D eigenvalue weighted by Gasteiger charge is -2.17. The lowest BCUT2D eigenvalue weighted by molar-refractivity contribution is 0.0785. The molecule has 1 aromatic heterocycles. The molecular weight excluding hydrogens is 352 g/mol. The van der Waals surface area contributed by atoms with Crippen LogP contribution >= 0.6 is 0 Å². The van der Waals surface area contributed by atoms with Crippen LogP contribution in [-0.4, -0.2) is 30.1 Å². The van der Waals surface area contributed by atoms with Gasteiger partial charge in [0, 0.05) is 24.7 Å². The van der Waals surface area contributed by atoms with E-state index in [1.54, 1.807) is 25.1 Å². The third-order valence-electron chi connectivity index (χ3n) is 4.68. The Morgan fingerprint density at radius 3 is 2.50 bits per heavy atom. The molecule has 0 aliphatic carbocycles. The zero-order valence-electron chi connectivity index (χ0n) is 15.8. The maximum Gasteiger partial charge on any atom is 0.253 e. The largest absolute Gasteiger partial charge is 0.497 e. The van der Waals surface area contributed by atoms with E-state index in [1.807, 2.05) is 66.7 Å². The number of carbonyl (C=O) groups is 1. The normalized spacial score (nSPS) is 10.8. The highest BCUT2D eigenvalue weighted by molar-refractivity contribution is 6.00. The summed E-state index contributed by atoms with van der Waals surface area (Å²) < 4.78 is 10.7. The number of benzene rings is 3. The van der Waals surface area contributed by atoms with Gasteiger partial charge in [0.15, 0.2) is 5.76 Å². The highest BCUT2D eigenvalue weighted by atomic mass is 16.5. The lowest BCUT2D eigenvalue weighted by Crippen LogP contribution is -2.26. The molecule has 4 aromatic rings. The van der Waals surface area contributed by atoms with Crippen molar-refractivity contribution in [1.29, 1.82) is 0 Å². The molecule has 0 saturated heterocycles. The van der Waals surface area contributed by atoms with Crippen LogP contribution in [0.15, 0.2) is 77.3 Å². The van der Waals surface area contributed by atoms with Crippen LogP contribution in [0, 0.1) is 0 Å². The molecule has 5 heteroatoms. The van der Waals surface area contributed by atoms with Crippen molar-refractivity contribution >= 4 is 16.8 Å². The van der Waals surface area contributed by atoms with Crippen molar-refractivity contribution in [3.63, 3.8) is 0 Å². The SMILES string of the molecule is COc1ccc(CN(C)C(=O)c2ccc3noc(-c4ccccc4)c3c2)cc1. The molecule has 0 radical (unpaired) electrons. The van der Waals surface area contributed by atoms with Crippen LogP contribution in [0.3, 0.4) is 0 Å². The summed E-state index contributed by atoms with van der Waals surface area (Å²) in [6.07, 6.45) is 0. The maximum absolute atomic E-state index is 12.9. The first-order valence-electron chi connectivity index (χ1n) is 8.99. The maximum atomic E-state index is 12.9. The Morgan fingerprint density at radius 2 is 1.79 bits per heavy atom. The number of rotatable bonds is 5. The van der Waals surface area contributed by atoms with Gasteiger partial charge in [-0.3, -0.25) is 4.79 Å². The second-order valence-electron chi connectivity index (χ2n) is 6.62. The monoisotopic (exact) mass is 372 g/mol. The molecule has 140 valence electrons. The molecule has 0 atom stereocenters. The standard InChI is InChI=1S/C23H20N2O3/c1-25(15-16-8-11-19(27-2)12-9-16)23(26)18-10-13-21-20(14-18)22(28-24-21)17-6-4-3-5-7-17/h3-14H,15H2,1-2H3. The quantitative estimate of drug-likeness (QED) is 0.506. The fraction of sp³-hybridized carbons (Fsp3) is 0.130. The first kappa shape index (κ1) is 17.8. The van der Waals surface area contributed by atoms with E-state index in [2.05, 4.69) is 5.16 Å². The first-order chi connectivity index (χ1) is 13.7. The minimum Gasteiger partial charge on any atom is -0.497 e. The Hall–Kier alpha value is -3.60. The zero-order valence-corrected chi connectivity index (χ0v) is 15.8. The number of ether oxygens (including phenoxy) is 1. The summed E-state index contributed by atoms with van der Waals surface area (Å²) in [5.74, 6) is 1.41. The van der Waals surface area contributed by atoms with Crippen molar-refractivity contribution in [2.24, 2.45) is 0 Å². The van der Waals surface area contributed by atoms with E-state index >= 15 is 0 Å². The second kappa shape index (κ2) is 7.56. The Labute approximate surface area is 163 Å². The topological polar surface area (TPSA) is 55.6 Å². The molecule has 0 unspecified atom stereocenters. The van der Waals surface area contributed by atoms with Gasteiger partial charge in [-0.25, -0.2) is 0 Å². The van der Waals surface area contributed by atoms with E-state index in [4.69, 9.17) is 9.26 Å². The van der Waals surface area contributed by atoms with Crippen molar-refractivity contribution < 1.29 is 14.1 Å². The summed E-state index contributed by atoms with van der Waals surface area (Å²) in [4.78, 5) is 14.6. The Kier molecular flexibility index (Phi) is 4.81. The fourth-order valence-corrected chi connectivity index (χ4v) is 3.17. The summed E-state index contributed by atoms with van der Waals surface area (Å²) >= 11 is 0. The van der Waals surface area contributed by atoms with Crippen LogP contribution in [0.4, 0.5) is 0 Å². The summed E-state index contributed by atoms with van der Waals surface area (Å²) in [6, 6.07) is 22.9. The van der Waals surface area contributed by atoms with Crippen LogP contribution in [0.25, 0.3) is 22.2 Å². The zero-order chi connectivity index (χ0) is 19.5. The van der Waals surface area contributed by atoms with E-state index < -0.39 is 0 Å². The summed E-state index contributed by atoms with van der Waals surface area (Å²) in [5.41, 5.74) is 3.30. The van der Waals surface area contributed by atoms with E-state index in [9.17, 15) is 4.79 Å². The first-order valence-corrected chi connectivity index (χ1v) is 8.99. The molecule has 0 saturated carbocycles. The number of aromatic nitrogens is 1. The van der Waals surface area contributed by atoms with E-state index in [0.29, 0.717) is 17.9 Å². The van der Waals surface area contributed by atoms with E-state index in [1.165, 1.54) is 0 Å². The van der Waals surface area contributed by atoms with Gasteiger partial charge in [-0.05, 0) is 35.9 Å². The van der Waals surface area contributed by atoms with Crippen LogP contribution < -0.4 is 4.74 Å². The highest BCUT2D eigenvalue weighted by Crippen LogP contribution is 2.29. The van der Waals surface area contributed by atoms with Gasteiger partial charge in [-0.15, -0.1) is 0 Å². The Bertz CT molecular complexity index is 1100. The molecule has 1 heterocycles. The third kappa shape index (κ3) is 3.47. The van der Waals surface area contributed by atoms with Gasteiger partial charge < -0.3 is 14.2 Å². The minimum absolute atomic E-state index is 0.0575. The van der Waals surface area contributed by atoms with Crippen LogP contribution in [0.2, 0.25) is 0 Å². The van der Waals surface area contributed by atoms with Gasteiger partial charge >= 0.3 is 0 Å². The lowest BCUT2D eigenvalue weighted by atomic mass is 10.1. The summed E-state index contributed by atoms with van der Waals surface area (Å²) in [7, 11) is 3.43. The Morgan fingerprint density at radius 1 is 1.04 bits per heavy atom. The third-order valence-corrected chi connectivity index (χ3v) is 4.68. The van der Waals surface area contributed by atoms with Gasteiger partial charge in [0.05, 0.1) is 12.5 Å². The fourth-order valence-electron chi connectivity index (χ4n) is 3.17. The van der Waals surface area contributed by atoms with Crippen molar-refractivity contribution in [3.05, 3.63) is 83.9 Å². The number of hydrogen-bond donors (Lipinski definition) is 0. The number of hydrogen-bond acceptors (Lipinski definition) is 4. The van der Waals surface area contributed by atoms with Crippen molar-refractivity contribution in [1.82, 2.24) is 10.1 Å². The molecular formula is C23H20N2O3. The van der Waals surface area contributed by atoms with Crippen LogP contribution in [-0.2, 0) is 6.54 Å². The summed E-state index contributed by atoms with van der Waals surface area (Å²) in [6.45, 7) is 0.510. The number of amides is 1. The van der Waals surface area contributed by atoms with E-state index in [0.717, 1.165) is 27.8 Å². The second-order valence-corrected chi connectivity index (χ2v) is 6.62. The van der Waals surface area contributed by atoms with E-state index in [-0.39, 0.29) is 5.91 Å². The molecule has 28 heavy (non-hydrogen) atoms. The number of methoxy groups -OCH3 is 1. The Balaban J connectivity index is 1.59. The number of fused-ring (bicyclic) bond motifs is 1. The highest BCUT2D eigenvalue weighted by Gasteiger charge is 2.16. The van der Waals surface area contributed by atoms with Gasteiger partial charge in [0.2, 0.25) is 0 Å².